The zero-order valence-electron chi connectivity index (χ0n) is 20.9. The second-order valence-electron chi connectivity index (χ2n) is 9.48. The first kappa shape index (κ1) is 27.2. The molecular weight excluding hydrogens is 495 g/mol. The molecule has 3 aromatic rings. The predicted molar refractivity (Wildman–Crippen MR) is 138 cm³/mol. The Morgan fingerprint density at radius 3 is 2.11 bits per heavy atom. The number of unbranched alkanes of at least 4 members (excludes halogenated alkanes) is 2. The summed E-state index contributed by atoms with van der Waals surface area (Å²) in [5, 5.41) is 8.75. The van der Waals surface area contributed by atoms with Gasteiger partial charge in [0.2, 0.25) is 0 Å². The Balaban J connectivity index is 1.40. The van der Waals surface area contributed by atoms with Crippen molar-refractivity contribution in [3.05, 3.63) is 89.5 Å². The van der Waals surface area contributed by atoms with E-state index in [1.54, 1.807) is 24.3 Å². The van der Waals surface area contributed by atoms with Crippen molar-refractivity contribution in [1.29, 1.82) is 0 Å². The molecule has 38 heavy (non-hydrogen) atoms. The van der Waals surface area contributed by atoms with E-state index in [1.807, 2.05) is 29.2 Å². The van der Waals surface area contributed by atoms with Gasteiger partial charge in [-0.05, 0) is 73.6 Å². The molecule has 0 heterocycles. The number of aliphatic carboxylic acids is 1. The zero-order valence-corrected chi connectivity index (χ0v) is 20.9. The Kier molecular flexibility index (Phi) is 8.71. The van der Waals surface area contributed by atoms with E-state index in [4.69, 9.17) is 9.84 Å². The smallest absolute Gasteiger partial charge is 0.416 e. The number of carbonyl (C=O) groups excluding carboxylic acids is 1. The van der Waals surface area contributed by atoms with E-state index in [9.17, 15) is 22.8 Å². The Morgan fingerprint density at radius 1 is 0.868 bits per heavy atom. The summed E-state index contributed by atoms with van der Waals surface area (Å²) in [7, 11) is 0. The van der Waals surface area contributed by atoms with Crippen molar-refractivity contribution in [2.24, 2.45) is 0 Å². The monoisotopic (exact) mass is 525 g/mol. The third-order valence-electron chi connectivity index (χ3n) is 6.53. The van der Waals surface area contributed by atoms with Gasteiger partial charge in [0.1, 0.15) is 5.75 Å². The molecular formula is C30H30F3NO4. The standard InChI is InChI=1S/C30H30F3NO4/c31-30(32,33)25-15-13-22(14-16-25)21-9-11-23(12-10-21)29(37)34(26-17-18-26)20-24-6-3-4-7-27(24)38-19-5-1-2-8-28(35)36/h3-4,6-7,9-16,26H,1-2,5,8,17-20H2,(H,35,36). The molecule has 1 aliphatic carbocycles. The third kappa shape index (κ3) is 7.37. The molecule has 4 rings (SSSR count). The SMILES string of the molecule is O=C(O)CCCCCOc1ccccc1CN(C(=O)c1ccc(-c2ccc(C(F)(F)F)cc2)cc1)C1CC1. The largest absolute Gasteiger partial charge is 0.493 e. The number of carboxylic acids is 1. The van der Waals surface area contributed by atoms with Crippen LogP contribution in [0.5, 0.6) is 5.75 Å². The van der Waals surface area contributed by atoms with Crippen LogP contribution in [0.3, 0.4) is 0 Å². The topological polar surface area (TPSA) is 66.8 Å². The van der Waals surface area contributed by atoms with Crippen molar-refractivity contribution in [3.63, 3.8) is 0 Å². The van der Waals surface area contributed by atoms with Crippen LogP contribution in [0, 0.1) is 0 Å². The van der Waals surface area contributed by atoms with Crippen molar-refractivity contribution in [2.45, 2.75) is 57.3 Å². The normalized spacial score (nSPS) is 13.2. The van der Waals surface area contributed by atoms with Crippen LogP contribution in [-0.4, -0.2) is 34.5 Å². The highest BCUT2D eigenvalue weighted by Gasteiger charge is 2.34. The zero-order chi connectivity index (χ0) is 27.1. The van der Waals surface area contributed by atoms with Crippen LogP contribution in [0.15, 0.2) is 72.8 Å². The average Bonchev–Trinajstić information content (AvgIpc) is 3.74. The fraction of sp³-hybridized carbons (Fsp3) is 0.333. The molecule has 200 valence electrons. The minimum Gasteiger partial charge on any atom is -0.493 e. The molecule has 1 N–H and O–H groups in total. The number of benzene rings is 3. The van der Waals surface area contributed by atoms with Gasteiger partial charge >= 0.3 is 12.1 Å². The summed E-state index contributed by atoms with van der Waals surface area (Å²) in [5.41, 5.74) is 2.10. The van der Waals surface area contributed by atoms with Gasteiger partial charge in [0.15, 0.2) is 0 Å². The molecule has 0 saturated heterocycles. The van der Waals surface area contributed by atoms with Gasteiger partial charge in [-0.15, -0.1) is 0 Å². The number of rotatable bonds is 12. The molecule has 1 aliphatic rings. The molecule has 0 spiro atoms. The van der Waals surface area contributed by atoms with Crippen molar-refractivity contribution >= 4 is 11.9 Å². The highest BCUT2D eigenvalue weighted by molar-refractivity contribution is 5.95. The Labute approximate surface area is 219 Å². The lowest BCUT2D eigenvalue weighted by molar-refractivity contribution is -0.138. The third-order valence-corrected chi connectivity index (χ3v) is 6.53. The fourth-order valence-corrected chi connectivity index (χ4v) is 4.27. The second-order valence-corrected chi connectivity index (χ2v) is 9.48. The number of ether oxygens (including phenoxy) is 1. The first-order chi connectivity index (χ1) is 18.2. The van der Waals surface area contributed by atoms with Crippen LogP contribution in [0.1, 0.15) is 60.0 Å². The highest BCUT2D eigenvalue weighted by Crippen LogP contribution is 2.33. The first-order valence-corrected chi connectivity index (χ1v) is 12.7. The van der Waals surface area contributed by atoms with Gasteiger partial charge in [0.05, 0.1) is 12.2 Å². The number of carbonyl (C=O) groups is 2. The van der Waals surface area contributed by atoms with E-state index < -0.39 is 17.7 Å². The average molecular weight is 526 g/mol. The van der Waals surface area contributed by atoms with Crippen LogP contribution >= 0.6 is 0 Å². The first-order valence-electron chi connectivity index (χ1n) is 12.7. The summed E-state index contributed by atoms with van der Waals surface area (Å²) in [4.78, 5) is 25.9. The number of alkyl halides is 3. The van der Waals surface area contributed by atoms with E-state index in [-0.39, 0.29) is 18.4 Å². The molecule has 3 aromatic carbocycles. The molecule has 8 heteroatoms. The number of hydrogen-bond acceptors (Lipinski definition) is 3. The van der Waals surface area contributed by atoms with Crippen molar-refractivity contribution < 1.29 is 32.6 Å². The number of nitrogens with zero attached hydrogens (tertiary/aromatic N) is 1. The molecule has 1 amide bonds. The summed E-state index contributed by atoms with van der Waals surface area (Å²) in [6, 6.07) is 19.7. The molecule has 1 fully saturated rings. The molecule has 0 radical (unpaired) electrons. The van der Waals surface area contributed by atoms with E-state index in [2.05, 4.69) is 0 Å². The van der Waals surface area contributed by atoms with Gasteiger partial charge in [-0.2, -0.15) is 13.2 Å². The fourth-order valence-electron chi connectivity index (χ4n) is 4.27. The highest BCUT2D eigenvalue weighted by atomic mass is 19.4. The molecule has 0 unspecified atom stereocenters. The summed E-state index contributed by atoms with van der Waals surface area (Å²) in [6.45, 7) is 0.874. The van der Waals surface area contributed by atoms with Crippen LogP contribution in [0.25, 0.3) is 11.1 Å². The number of carboxylic acid groups (broad SMARTS) is 1. The second kappa shape index (κ2) is 12.2. The molecule has 0 bridgehead atoms. The molecule has 1 saturated carbocycles. The summed E-state index contributed by atoms with van der Waals surface area (Å²) in [6.07, 6.45) is -0.235. The van der Waals surface area contributed by atoms with Crippen LogP contribution < -0.4 is 4.74 Å². The number of halogens is 3. The minimum absolute atomic E-state index is 0.102. The number of para-hydroxylation sites is 1. The van der Waals surface area contributed by atoms with Gasteiger partial charge in [-0.25, -0.2) is 0 Å². The lowest BCUT2D eigenvalue weighted by Gasteiger charge is -2.24. The van der Waals surface area contributed by atoms with Gasteiger partial charge < -0.3 is 14.7 Å². The molecule has 0 atom stereocenters. The van der Waals surface area contributed by atoms with Crippen LogP contribution in [-0.2, 0) is 17.5 Å². The Bertz CT molecular complexity index is 1240. The minimum atomic E-state index is -4.38. The number of hydrogen-bond donors (Lipinski definition) is 1. The predicted octanol–water partition coefficient (Wildman–Crippen LogP) is 7.20. The number of amides is 1. The maximum absolute atomic E-state index is 13.4. The van der Waals surface area contributed by atoms with E-state index in [1.165, 1.54) is 12.1 Å². The van der Waals surface area contributed by atoms with Crippen LogP contribution in [0.2, 0.25) is 0 Å². The molecule has 0 aliphatic heterocycles. The maximum atomic E-state index is 13.4. The Morgan fingerprint density at radius 2 is 1.50 bits per heavy atom. The van der Waals surface area contributed by atoms with Crippen LogP contribution in [0.4, 0.5) is 13.2 Å². The van der Waals surface area contributed by atoms with Gasteiger partial charge in [-0.3, -0.25) is 9.59 Å². The lowest BCUT2D eigenvalue weighted by Crippen LogP contribution is -2.32. The Hall–Kier alpha value is -3.81. The van der Waals surface area contributed by atoms with E-state index >= 15 is 0 Å². The molecule has 5 nitrogen and oxygen atoms in total. The maximum Gasteiger partial charge on any atom is 0.416 e. The summed E-state index contributed by atoms with van der Waals surface area (Å²) in [5.74, 6) is -0.188. The van der Waals surface area contributed by atoms with Gasteiger partial charge in [0.25, 0.3) is 5.91 Å². The van der Waals surface area contributed by atoms with E-state index in [0.29, 0.717) is 36.4 Å². The van der Waals surface area contributed by atoms with Crippen molar-refractivity contribution in [3.8, 4) is 16.9 Å². The van der Waals surface area contributed by atoms with E-state index in [0.717, 1.165) is 48.9 Å². The van der Waals surface area contributed by atoms with Crippen molar-refractivity contribution in [2.75, 3.05) is 6.61 Å². The van der Waals surface area contributed by atoms with Gasteiger partial charge in [-0.1, -0.05) is 42.5 Å². The molecule has 0 aromatic heterocycles. The van der Waals surface area contributed by atoms with Crippen molar-refractivity contribution in [1.82, 2.24) is 4.90 Å². The summed E-state index contributed by atoms with van der Waals surface area (Å²) < 4.78 is 44.5. The summed E-state index contributed by atoms with van der Waals surface area (Å²) >= 11 is 0. The quantitative estimate of drug-likeness (QED) is 0.254. The lowest BCUT2D eigenvalue weighted by atomic mass is 10.0. The van der Waals surface area contributed by atoms with Gasteiger partial charge in [0, 0.05) is 30.1 Å².